The summed E-state index contributed by atoms with van der Waals surface area (Å²) in [6.45, 7) is 6.39. The molecule has 0 spiro atoms. The average Bonchev–Trinajstić information content (AvgIpc) is 2.59. The van der Waals surface area contributed by atoms with Crippen LogP contribution in [0.2, 0.25) is 0 Å². The molecule has 0 aliphatic heterocycles. The molecule has 0 fully saturated rings. The summed E-state index contributed by atoms with van der Waals surface area (Å²) in [6.07, 6.45) is 2.10. The third kappa shape index (κ3) is 3.72. The molecule has 0 unspecified atom stereocenters. The Kier molecular flexibility index (Phi) is 5.53. The van der Waals surface area contributed by atoms with Crippen molar-refractivity contribution in [1.29, 1.82) is 0 Å². The second-order valence-corrected chi connectivity index (χ2v) is 5.72. The van der Waals surface area contributed by atoms with Crippen LogP contribution in [-0.4, -0.2) is 27.0 Å². The maximum Gasteiger partial charge on any atom is 0.0966 e. The second kappa shape index (κ2) is 6.43. The first-order valence-corrected chi connectivity index (χ1v) is 7.75. The predicted molar refractivity (Wildman–Crippen MR) is 69.5 cm³/mol. The number of aromatic nitrogens is 3. The molecule has 0 aromatic carbocycles. The van der Waals surface area contributed by atoms with Crippen LogP contribution in [0.3, 0.4) is 0 Å². The van der Waals surface area contributed by atoms with Gasteiger partial charge in [0.25, 0.3) is 0 Å². The standard InChI is InChI=1S/C10H19N3S2/c1-5-15-7-10-9(6-14-4)11-13(12-10)8(2)3/h8H,5-7H2,1-4H3. The monoisotopic (exact) mass is 245 g/mol. The zero-order valence-electron chi connectivity index (χ0n) is 9.86. The molecular formula is C10H19N3S2. The molecule has 0 bridgehead atoms. The number of thioether (sulfide) groups is 2. The molecule has 1 rings (SSSR count). The van der Waals surface area contributed by atoms with E-state index in [9.17, 15) is 0 Å². The minimum Gasteiger partial charge on any atom is -0.182 e. The van der Waals surface area contributed by atoms with Crippen molar-refractivity contribution in [2.75, 3.05) is 12.0 Å². The summed E-state index contributed by atoms with van der Waals surface area (Å²) < 4.78 is 0. The molecular weight excluding hydrogens is 226 g/mol. The highest BCUT2D eigenvalue weighted by atomic mass is 32.2. The molecule has 1 aromatic heterocycles. The van der Waals surface area contributed by atoms with Gasteiger partial charge in [0.05, 0.1) is 17.4 Å². The Labute approximate surface area is 100 Å². The van der Waals surface area contributed by atoms with Crippen molar-refractivity contribution in [3.8, 4) is 0 Å². The minimum atomic E-state index is 0.353. The van der Waals surface area contributed by atoms with Gasteiger partial charge in [-0.2, -0.15) is 38.5 Å². The van der Waals surface area contributed by atoms with Crippen LogP contribution in [0.15, 0.2) is 0 Å². The third-order valence-corrected chi connectivity index (χ3v) is 3.41. The Bertz CT molecular complexity index is 297. The highest BCUT2D eigenvalue weighted by Crippen LogP contribution is 2.17. The highest BCUT2D eigenvalue weighted by Gasteiger charge is 2.11. The molecule has 86 valence electrons. The Morgan fingerprint density at radius 3 is 2.27 bits per heavy atom. The fraction of sp³-hybridized carbons (Fsp3) is 0.800. The largest absolute Gasteiger partial charge is 0.182 e. The number of hydrogen-bond donors (Lipinski definition) is 0. The van der Waals surface area contributed by atoms with Gasteiger partial charge in [-0.15, -0.1) is 0 Å². The van der Waals surface area contributed by atoms with Gasteiger partial charge in [-0.3, -0.25) is 0 Å². The van der Waals surface area contributed by atoms with Crippen molar-refractivity contribution in [1.82, 2.24) is 15.0 Å². The van der Waals surface area contributed by atoms with Crippen LogP contribution in [0.1, 0.15) is 38.2 Å². The Morgan fingerprint density at radius 2 is 1.80 bits per heavy atom. The van der Waals surface area contributed by atoms with Crippen molar-refractivity contribution in [2.24, 2.45) is 0 Å². The van der Waals surface area contributed by atoms with Crippen LogP contribution in [0, 0.1) is 0 Å². The SMILES string of the molecule is CCSCc1nn(C(C)C)nc1CSC. The van der Waals surface area contributed by atoms with E-state index in [0.29, 0.717) is 6.04 Å². The van der Waals surface area contributed by atoms with E-state index < -0.39 is 0 Å². The van der Waals surface area contributed by atoms with Crippen molar-refractivity contribution in [2.45, 2.75) is 38.3 Å². The van der Waals surface area contributed by atoms with E-state index in [2.05, 4.69) is 37.2 Å². The normalized spacial score (nSPS) is 11.3. The maximum absolute atomic E-state index is 4.54. The molecule has 1 heterocycles. The summed E-state index contributed by atoms with van der Waals surface area (Å²) in [5, 5.41) is 9.06. The molecule has 0 radical (unpaired) electrons. The maximum atomic E-state index is 4.54. The van der Waals surface area contributed by atoms with E-state index in [1.165, 1.54) is 0 Å². The second-order valence-electron chi connectivity index (χ2n) is 3.58. The van der Waals surface area contributed by atoms with Crippen LogP contribution >= 0.6 is 23.5 Å². The Balaban J connectivity index is 2.79. The molecule has 1 aromatic rings. The predicted octanol–water partition coefficient (Wildman–Crippen LogP) is 2.98. The molecule has 0 saturated carbocycles. The van der Waals surface area contributed by atoms with Gasteiger partial charge in [-0.05, 0) is 25.9 Å². The molecule has 0 amide bonds. The lowest BCUT2D eigenvalue weighted by molar-refractivity contribution is 0.462. The number of rotatable bonds is 6. The fourth-order valence-electron chi connectivity index (χ4n) is 1.18. The van der Waals surface area contributed by atoms with Crippen molar-refractivity contribution >= 4 is 23.5 Å². The van der Waals surface area contributed by atoms with Crippen molar-refractivity contribution < 1.29 is 0 Å². The molecule has 0 N–H and O–H groups in total. The van der Waals surface area contributed by atoms with Gasteiger partial charge in [0, 0.05) is 11.5 Å². The van der Waals surface area contributed by atoms with Crippen LogP contribution < -0.4 is 0 Å². The zero-order valence-corrected chi connectivity index (χ0v) is 11.5. The van der Waals surface area contributed by atoms with Gasteiger partial charge in [0.15, 0.2) is 0 Å². The lowest BCUT2D eigenvalue weighted by atomic mass is 10.4. The van der Waals surface area contributed by atoms with Gasteiger partial charge < -0.3 is 0 Å². The van der Waals surface area contributed by atoms with E-state index in [-0.39, 0.29) is 0 Å². The molecule has 3 nitrogen and oxygen atoms in total. The molecule has 0 saturated heterocycles. The topological polar surface area (TPSA) is 30.7 Å². The third-order valence-electron chi connectivity index (χ3n) is 1.97. The summed E-state index contributed by atoms with van der Waals surface area (Å²) >= 11 is 3.70. The summed E-state index contributed by atoms with van der Waals surface area (Å²) in [4.78, 5) is 1.83. The van der Waals surface area contributed by atoms with Crippen LogP contribution in [0.25, 0.3) is 0 Å². The summed E-state index contributed by atoms with van der Waals surface area (Å²) in [5.74, 6) is 3.08. The van der Waals surface area contributed by atoms with Crippen molar-refractivity contribution in [3.63, 3.8) is 0 Å². The van der Waals surface area contributed by atoms with Gasteiger partial charge in [0.1, 0.15) is 0 Å². The first-order valence-electron chi connectivity index (χ1n) is 5.20. The molecule has 15 heavy (non-hydrogen) atoms. The Morgan fingerprint density at radius 1 is 1.20 bits per heavy atom. The number of hydrogen-bond acceptors (Lipinski definition) is 4. The highest BCUT2D eigenvalue weighted by molar-refractivity contribution is 7.98. The molecule has 0 aliphatic carbocycles. The first kappa shape index (κ1) is 12.9. The van der Waals surface area contributed by atoms with Crippen LogP contribution in [0.4, 0.5) is 0 Å². The summed E-state index contributed by atoms with van der Waals surface area (Å²) in [7, 11) is 0. The summed E-state index contributed by atoms with van der Waals surface area (Å²) in [5.41, 5.74) is 2.31. The van der Waals surface area contributed by atoms with E-state index in [1.54, 1.807) is 11.8 Å². The van der Waals surface area contributed by atoms with E-state index >= 15 is 0 Å². The first-order chi connectivity index (χ1) is 7.19. The van der Waals surface area contributed by atoms with Gasteiger partial charge in [-0.1, -0.05) is 6.92 Å². The lowest BCUT2D eigenvalue weighted by Crippen LogP contribution is -2.05. The zero-order chi connectivity index (χ0) is 11.3. The molecule has 0 aliphatic rings. The van der Waals surface area contributed by atoms with Crippen molar-refractivity contribution in [3.05, 3.63) is 11.4 Å². The fourth-order valence-corrected chi connectivity index (χ4v) is 2.30. The van der Waals surface area contributed by atoms with Gasteiger partial charge in [-0.25, -0.2) is 0 Å². The molecule has 5 heteroatoms. The van der Waals surface area contributed by atoms with Gasteiger partial charge in [0.2, 0.25) is 0 Å². The van der Waals surface area contributed by atoms with Gasteiger partial charge >= 0.3 is 0 Å². The summed E-state index contributed by atoms with van der Waals surface area (Å²) in [6, 6.07) is 0.353. The van der Waals surface area contributed by atoms with E-state index in [4.69, 9.17) is 0 Å². The Hall–Kier alpha value is -0.160. The number of nitrogens with zero attached hydrogens (tertiary/aromatic N) is 3. The minimum absolute atomic E-state index is 0.353. The lowest BCUT2D eigenvalue weighted by Gasteiger charge is -2.00. The molecule has 0 atom stereocenters. The van der Waals surface area contributed by atoms with E-state index in [1.807, 2.05) is 16.6 Å². The quantitative estimate of drug-likeness (QED) is 0.771. The van der Waals surface area contributed by atoms with E-state index in [0.717, 1.165) is 28.6 Å². The van der Waals surface area contributed by atoms with Crippen LogP contribution in [-0.2, 0) is 11.5 Å². The smallest absolute Gasteiger partial charge is 0.0966 e. The average molecular weight is 245 g/mol. The van der Waals surface area contributed by atoms with Crippen LogP contribution in [0.5, 0.6) is 0 Å².